The number of rotatable bonds is 11. The zero-order valence-corrected chi connectivity index (χ0v) is 17.5. The van der Waals surface area contributed by atoms with Gasteiger partial charge in [-0.2, -0.15) is 0 Å². The summed E-state index contributed by atoms with van der Waals surface area (Å²) in [5.74, 6) is 0. The molecule has 0 N–H and O–H groups in total. The van der Waals surface area contributed by atoms with Gasteiger partial charge in [0.2, 0.25) is 0 Å². The van der Waals surface area contributed by atoms with Crippen LogP contribution in [0.3, 0.4) is 0 Å². The van der Waals surface area contributed by atoms with Crippen molar-refractivity contribution in [2.45, 2.75) is 55.7 Å². The van der Waals surface area contributed by atoms with Gasteiger partial charge in [0.05, 0.1) is 6.54 Å². The monoisotopic (exact) mass is 377 g/mol. The minimum Gasteiger partial charge on any atom is -0.285 e. The minimum atomic E-state index is 0.685. The lowest BCUT2D eigenvalue weighted by atomic mass is 9.98. The maximum Gasteiger partial charge on any atom is 0.0597 e. The highest BCUT2D eigenvalue weighted by molar-refractivity contribution is 7.99. The molecule has 2 aromatic rings. The summed E-state index contributed by atoms with van der Waals surface area (Å²) in [6.07, 6.45) is 5.95. The standard InChI is InChI=1S/C25H31NS/c1-5-6-7-11-14-25(26-19-20(2)3)21(4)22-15-17-24(18-16-22)27-23-12-9-8-10-13-23/h8-10,12-13,15-18H,2,4-7,11,14,19H2,1,3H3. The molecular formula is C25H31NS. The number of allylic oxidation sites excluding steroid dienone is 1. The Bertz CT molecular complexity index is 757. The Morgan fingerprint density at radius 3 is 2.19 bits per heavy atom. The second-order valence-electron chi connectivity index (χ2n) is 6.95. The summed E-state index contributed by atoms with van der Waals surface area (Å²) in [5, 5.41) is 0. The van der Waals surface area contributed by atoms with Gasteiger partial charge in [-0.15, -0.1) is 0 Å². The van der Waals surface area contributed by atoms with Crippen LogP contribution in [0.5, 0.6) is 0 Å². The molecule has 0 saturated heterocycles. The van der Waals surface area contributed by atoms with E-state index in [1.54, 1.807) is 11.8 Å². The molecule has 0 saturated carbocycles. The summed E-state index contributed by atoms with van der Waals surface area (Å²) >= 11 is 1.78. The first-order valence-electron chi connectivity index (χ1n) is 9.80. The Hall–Kier alpha value is -2.06. The average Bonchev–Trinajstić information content (AvgIpc) is 2.68. The van der Waals surface area contributed by atoms with E-state index in [-0.39, 0.29) is 0 Å². The van der Waals surface area contributed by atoms with Gasteiger partial charge in [0, 0.05) is 15.5 Å². The topological polar surface area (TPSA) is 12.4 Å². The van der Waals surface area contributed by atoms with Crippen LogP contribution in [0.1, 0.15) is 51.5 Å². The number of nitrogens with zero attached hydrogens (tertiary/aromatic N) is 1. The van der Waals surface area contributed by atoms with E-state index >= 15 is 0 Å². The first-order chi connectivity index (χ1) is 13.1. The van der Waals surface area contributed by atoms with Crippen LogP contribution >= 0.6 is 11.8 Å². The van der Waals surface area contributed by atoms with Crippen molar-refractivity contribution in [2.75, 3.05) is 6.54 Å². The first kappa shape index (κ1) is 21.2. The second-order valence-corrected chi connectivity index (χ2v) is 8.10. The van der Waals surface area contributed by atoms with Crippen LogP contribution in [0.2, 0.25) is 0 Å². The van der Waals surface area contributed by atoms with E-state index in [2.05, 4.69) is 68.6 Å². The largest absolute Gasteiger partial charge is 0.285 e. The molecule has 1 nitrogen and oxygen atoms in total. The van der Waals surface area contributed by atoms with Crippen molar-refractivity contribution < 1.29 is 0 Å². The summed E-state index contributed by atoms with van der Waals surface area (Å²) < 4.78 is 0. The van der Waals surface area contributed by atoms with Gasteiger partial charge in [0.15, 0.2) is 0 Å². The predicted octanol–water partition coefficient (Wildman–Crippen LogP) is 7.84. The molecule has 0 amide bonds. The van der Waals surface area contributed by atoms with E-state index < -0.39 is 0 Å². The van der Waals surface area contributed by atoms with Crippen LogP contribution < -0.4 is 0 Å². The predicted molar refractivity (Wildman–Crippen MR) is 122 cm³/mol. The molecule has 0 radical (unpaired) electrons. The summed E-state index contributed by atoms with van der Waals surface area (Å²) in [6, 6.07) is 19.1. The fourth-order valence-electron chi connectivity index (χ4n) is 2.79. The summed E-state index contributed by atoms with van der Waals surface area (Å²) in [7, 11) is 0. The minimum absolute atomic E-state index is 0.685. The third-order valence-electron chi connectivity index (χ3n) is 4.34. The maximum atomic E-state index is 4.80. The number of benzene rings is 2. The maximum absolute atomic E-state index is 4.80. The molecule has 27 heavy (non-hydrogen) atoms. The lowest BCUT2D eigenvalue weighted by molar-refractivity contribution is 0.683. The molecule has 0 aromatic heterocycles. The molecule has 0 unspecified atom stereocenters. The lowest BCUT2D eigenvalue weighted by Gasteiger charge is -2.12. The van der Waals surface area contributed by atoms with Crippen LogP contribution in [0.25, 0.3) is 5.57 Å². The van der Waals surface area contributed by atoms with Crippen LogP contribution in [0.4, 0.5) is 0 Å². The highest BCUT2D eigenvalue weighted by atomic mass is 32.2. The Balaban J connectivity index is 2.06. The van der Waals surface area contributed by atoms with Crippen LogP contribution in [-0.2, 0) is 0 Å². The Kier molecular flexibility index (Phi) is 9.13. The summed E-state index contributed by atoms with van der Waals surface area (Å²) in [4.78, 5) is 7.29. The van der Waals surface area contributed by atoms with Crippen molar-refractivity contribution in [3.63, 3.8) is 0 Å². The molecule has 0 aliphatic rings. The van der Waals surface area contributed by atoms with Crippen molar-refractivity contribution in [3.8, 4) is 0 Å². The van der Waals surface area contributed by atoms with Crippen molar-refractivity contribution in [2.24, 2.45) is 4.99 Å². The first-order valence-corrected chi connectivity index (χ1v) is 10.6. The highest BCUT2D eigenvalue weighted by Crippen LogP contribution is 2.29. The summed E-state index contributed by atoms with van der Waals surface area (Å²) in [5.41, 5.74) is 4.41. The van der Waals surface area contributed by atoms with Gasteiger partial charge < -0.3 is 0 Å². The fourth-order valence-corrected chi connectivity index (χ4v) is 3.63. The molecule has 0 aliphatic carbocycles. The molecule has 142 valence electrons. The zero-order valence-electron chi connectivity index (χ0n) is 16.7. The summed E-state index contributed by atoms with van der Waals surface area (Å²) in [6.45, 7) is 13.3. The van der Waals surface area contributed by atoms with Gasteiger partial charge in [-0.05, 0) is 55.2 Å². The zero-order chi connectivity index (χ0) is 19.5. The smallest absolute Gasteiger partial charge is 0.0597 e. The van der Waals surface area contributed by atoms with E-state index in [0.717, 1.165) is 28.8 Å². The molecule has 2 rings (SSSR count). The van der Waals surface area contributed by atoms with Gasteiger partial charge in [0.25, 0.3) is 0 Å². The van der Waals surface area contributed by atoms with Crippen molar-refractivity contribution in [1.82, 2.24) is 0 Å². The molecule has 0 atom stereocenters. The van der Waals surface area contributed by atoms with Crippen molar-refractivity contribution >= 4 is 23.0 Å². The molecule has 2 heteroatoms. The normalized spacial score (nSPS) is 11.4. The van der Waals surface area contributed by atoms with Crippen molar-refractivity contribution in [3.05, 3.63) is 78.9 Å². The van der Waals surface area contributed by atoms with Crippen LogP contribution in [0.15, 0.2) is 88.1 Å². The van der Waals surface area contributed by atoms with Gasteiger partial charge in [-0.25, -0.2) is 0 Å². The third-order valence-corrected chi connectivity index (χ3v) is 5.35. The second kappa shape index (κ2) is 11.6. The number of unbranched alkanes of at least 4 members (excludes halogenated alkanes) is 3. The SMILES string of the molecule is C=C(C)CN=C(CCCCCC)C(=C)c1ccc(Sc2ccccc2)cc1. The van der Waals surface area contributed by atoms with Crippen LogP contribution in [-0.4, -0.2) is 12.3 Å². The van der Waals surface area contributed by atoms with E-state index in [4.69, 9.17) is 4.99 Å². The number of hydrogen-bond acceptors (Lipinski definition) is 2. The number of hydrogen-bond donors (Lipinski definition) is 0. The van der Waals surface area contributed by atoms with Gasteiger partial charge in [-0.1, -0.05) is 87.0 Å². The molecule has 2 aromatic carbocycles. The Labute approximate surface area is 169 Å². The lowest BCUT2D eigenvalue weighted by Crippen LogP contribution is -2.03. The van der Waals surface area contributed by atoms with E-state index in [9.17, 15) is 0 Å². The highest BCUT2D eigenvalue weighted by Gasteiger charge is 2.08. The Morgan fingerprint density at radius 1 is 0.889 bits per heavy atom. The molecule has 0 heterocycles. The van der Waals surface area contributed by atoms with Gasteiger partial charge >= 0.3 is 0 Å². The van der Waals surface area contributed by atoms with E-state index in [1.807, 2.05) is 13.0 Å². The Morgan fingerprint density at radius 2 is 1.56 bits per heavy atom. The van der Waals surface area contributed by atoms with E-state index in [0.29, 0.717) is 6.54 Å². The average molecular weight is 378 g/mol. The molecule has 0 bridgehead atoms. The molecular weight excluding hydrogens is 346 g/mol. The molecule has 0 fully saturated rings. The fraction of sp³-hybridized carbons (Fsp3) is 0.320. The third kappa shape index (κ3) is 7.60. The number of aliphatic imine (C=N–C) groups is 1. The van der Waals surface area contributed by atoms with Gasteiger partial charge in [-0.3, -0.25) is 4.99 Å². The van der Waals surface area contributed by atoms with Crippen LogP contribution in [0, 0.1) is 0 Å². The van der Waals surface area contributed by atoms with E-state index in [1.165, 1.54) is 35.5 Å². The quantitative estimate of drug-likeness (QED) is 0.221. The van der Waals surface area contributed by atoms with Crippen molar-refractivity contribution in [1.29, 1.82) is 0 Å². The molecule has 0 aliphatic heterocycles. The molecule has 0 spiro atoms. The van der Waals surface area contributed by atoms with Gasteiger partial charge in [0.1, 0.15) is 0 Å².